The maximum absolute atomic E-state index is 12.8. The van der Waals surface area contributed by atoms with Gasteiger partial charge in [0.05, 0.1) is 13.7 Å². The average molecular weight is 375 g/mol. The van der Waals surface area contributed by atoms with Gasteiger partial charge in [-0.2, -0.15) is 0 Å². The maximum atomic E-state index is 12.8. The van der Waals surface area contributed by atoms with Crippen LogP contribution in [0.1, 0.15) is 36.5 Å². The lowest BCUT2D eigenvalue weighted by molar-refractivity contribution is 0.0632. The molecule has 0 saturated carbocycles. The normalized spacial score (nSPS) is 17.6. The van der Waals surface area contributed by atoms with E-state index in [9.17, 15) is 9.59 Å². The van der Waals surface area contributed by atoms with Crippen LogP contribution in [0.3, 0.4) is 0 Å². The van der Waals surface area contributed by atoms with Crippen LogP contribution in [0.4, 0.5) is 4.79 Å². The van der Waals surface area contributed by atoms with Crippen LogP contribution in [-0.2, 0) is 0 Å². The van der Waals surface area contributed by atoms with Crippen molar-refractivity contribution in [3.05, 3.63) is 23.8 Å². The zero-order chi connectivity index (χ0) is 19.2. The largest absolute Gasteiger partial charge is 0.493 e. The zero-order valence-electron chi connectivity index (χ0n) is 16.3. The maximum Gasteiger partial charge on any atom is 0.320 e. The third-order valence-corrected chi connectivity index (χ3v) is 5.17. The average Bonchev–Trinajstić information content (AvgIpc) is 2.73. The van der Waals surface area contributed by atoms with Crippen molar-refractivity contribution >= 4 is 11.9 Å². The number of likely N-dealkylation sites (tertiary alicyclic amines) is 1. The van der Waals surface area contributed by atoms with Crippen molar-refractivity contribution in [2.24, 2.45) is 0 Å². The predicted molar refractivity (Wildman–Crippen MR) is 102 cm³/mol. The van der Waals surface area contributed by atoms with E-state index in [0.29, 0.717) is 49.8 Å². The summed E-state index contributed by atoms with van der Waals surface area (Å²) in [5.41, 5.74) is 0.579. The topological polar surface area (TPSA) is 62.3 Å². The van der Waals surface area contributed by atoms with Gasteiger partial charge in [0.15, 0.2) is 11.5 Å². The Morgan fingerprint density at radius 2 is 1.52 bits per heavy atom. The molecule has 0 N–H and O–H groups in total. The molecule has 148 valence electrons. The summed E-state index contributed by atoms with van der Waals surface area (Å²) in [4.78, 5) is 31.1. The molecule has 0 aliphatic carbocycles. The van der Waals surface area contributed by atoms with Crippen LogP contribution in [0.15, 0.2) is 18.2 Å². The van der Waals surface area contributed by atoms with Gasteiger partial charge in [-0.05, 0) is 44.4 Å². The summed E-state index contributed by atoms with van der Waals surface area (Å²) in [7, 11) is 1.58. The lowest BCUT2D eigenvalue weighted by Gasteiger charge is -2.38. The Balaban J connectivity index is 1.59. The summed E-state index contributed by atoms with van der Waals surface area (Å²) in [5, 5.41) is 0. The summed E-state index contributed by atoms with van der Waals surface area (Å²) in [5.74, 6) is 1.15. The fraction of sp³-hybridized carbons (Fsp3) is 0.600. The number of carbonyl (C=O) groups excluding carboxylic acids is 2. The lowest BCUT2D eigenvalue weighted by Crippen LogP contribution is -2.54. The smallest absolute Gasteiger partial charge is 0.320 e. The predicted octanol–water partition coefficient (Wildman–Crippen LogP) is 2.46. The molecule has 3 amide bonds. The number of nitrogens with zero attached hydrogens (tertiary/aromatic N) is 3. The molecule has 2 aliphatic rings. The van der Waals surface area contributed by atoms with Crippen LogP contribution in [0.2, 0.25) is 0 Å². The Morgan fingerprint density at radius 1 is 0.889 bits per heavy atom. The lowest BCUT2D eigenvalue weighted by atomic mass is 10.1. The first-order chi connectivity index (χ1) is 13.1. The third-order valence-electron chi connectivity index (χ3n) is 5.17. The van der Waals surface area contributed by atoms with Crippen molar-refractivity contribution in [2.45, 2.75) is 26.2 Å². The van der Waals surface area contributed by atoms with E-state index in [1.165, 1.54) is 6.42 Å². The van der Waals surface area contributed by atoms with E-state index in [2.05, 4.69) is 0 Å². The molecular formula is C20H29N3O4. The van der Waals surface area contributed by atoms with Gasteiger partial charge in [-0.15, -0.1) is 0 Å². The molecule has 0 unspecified atom stereocenters. The summed E-state index contributed by atoms with van der Waals surface area (Å²) in [6, 6.07) is 5.36. The summed E-state index contributed by atoms with van der Waals surface area (Å²) >= 11 is 0. The standard InChI is InChI=1S/C20H29N3O4/c1-3-27-18-15-16(7-8-17(18)26-2)19(24)21-11-13-23(14-12-21)20(25)22-9-5-4-6-10-22/h7-8,15H,3-6,9-14H2,1-2H3. The molecule has 27 heavy (non-hydrogen) atoms. The van der Waals surface area contributed by atoms with Crippen molar-refractivity contribution in [3.8, 4) is 11.5 Å². The first-order valence-corrected chi connectivity index (χ1v) is 9.78. The van der Waals surface area contributed by atoms with Crippen molar-refractivity contribution in [3.63, 3.8) is 0 Å². The van der Waals surface area contributed by atoms with Crippen molar-refractivity contribution < 1.29 is 19.1 Å². The van der Waals surface area contributed by atoms with Crippen LogP contribution >= 0.6 is 0 Å². The Kier molecular flexibility index (Phi) is 6.42. The van der Waals surface area contributed by atoms with Gasteiger partial charge < -0.3 is 24.2 Å². The second-order valence-corrected chi connectivity index (χ2v) is 6.91. The molecule has 0 aromatic heterocycles. The van der Waals surface area contributed by atoms with Crippen LogP contribution in [0.25, 0.3) is 0 Å². The van der Waals surface area contributed by atoms with Crippen molar-refractivity contribution in [1.82, 2.24) is 14.7 Å². The highest BCUT2D eigenvalue weighted by atomic mass is 16.5. The highest BCUT2D eigenvalue weighted by Gasteiger charge is 2.28. The molecule has 0 bridgehead atoms. The van der Waals surface area contributed by atoms with Crippen LogP contribution < -0.4 is 9.47 Å². The second kappa shape index (κ2) is 8.97. The highest BCUT2D eigenvalue weighted by Crippen LogP contribution is 2.28. The molecule has 2 fully saturated rings. The van der Waals surface area contributed by atoms with E-state index >= 15 is 0 Å². The number of benzene rings is 1. The molecule has 2 heterocycles. The van der Waals surface area contributed by atoms with E-state index < -0.39 is 0 Å². The summed E-state index contributed by atoms with van der Waals surface area (Å²) in [6.07, 6.45) is 3.38. The Morgan fingerprint density at radius 3 is 2.15 bits per heavy atom. The van der Waals surface area contributed by atoms with Gasteiger partial charge in [-0.1, -0.05) is 0 Å². The molecule has 7 nitrogen and oxygen atoms in total. The van der Waals surface area contributed by atoms with Crippen molar-refractivity contribution in [1.29, 1.82) is 0 Å². The Bertz CT molecular complexity index is 665. The molecule has 3 rings (SSSR count). The molecule has 2 saturated heterocycles. The number of methoxy groups -OCH3 is 1. The number of hydrogen-bond donors (Lipinski definition) is 0. The van der Waals surface area contributed by atoms with Gasteiger partial charge in [0, 0.05) is 44.8 Å². The van der Waals surface area contributed by atoms with E-state index in [1.54, 1.807) is 30.2 Å². The minimum absolute atomic E-state index is 0.0383. The molecule has 2 aliphatic heterocycles. The van der Waals surface area contributed by atoms with Crippen LogP contribution in [-0.4, -0.2) is 79.6 Å². The monoisotopic (exact) mass is 375 g/mol. The number of piperazine rings is 1. The van der Waals surface area contributed by atoms with Gasteiger partial charge in [-0.3, -0.25) is 4.79 Å². The summed E-state index contributed by atoms with van der Waals surface area (Å²) in [6.45, 7) is 6.36. The molecule has 0 radical (unpaired) electrons. The number of amides is 3. The van der Waals surface area contributed by atoms with Crippen molar-refractivity contribution in [2.75, 3.05) is 53.0 Å². The van der Waals surface area contributed by atoms with E-state index in [0.717, 1.165) is 25.9 Å². The number of ether oxygens (including phenoxy) is 2. The van der Waals surface area contributed by atoms with Gasteiger partial charge in [0.1, 0.15) is 0 Å². The third kappa shape index (κ3) is 4.46. The number of carbonyl (C=O) groups is 2. The minimum atomic E-state index is -0.0383. The van der Waals surface area contributed by atoms with Crippen LogP contribution in [0.5, 0.6) is 11.5 Å². The fourth-order valence-electron chi connectivity index (χ4n) is 3.65. The molecule has 1 aromatic carbocycles. The molecule has 0 spiro atoms. The van der Waals surface area contributed by atoms with E-state index in [4.69, 9.17) is 9.47 Å². The van der Waals surface area contributed by atoms with Gasteiger partial charge in [0.25, 0.3) is 5.91 Å². The molecule has 1 aromatic rings. The number of piperidine rings is 1. The van der Waals surface area contributed by atoms with Gasteiger partial charge >= 0.3 is 6.03 Å². The van der Waals surface area contributed by atoms with Gasteiger partial charge in [0.2, 0.25) is 0 Å². The highest BCUT2D eigenvalue weighted by molar-refractivity contribution is 5.95. The molecule has 0 atom stereocenters. The Labute approximate surface area is 160 Å². The first-order valence-electron chi connectivity index (χ1n) is 9.78. The Hall–Kier alpha value is -2.44. The number of hydrogen-bond acceptors (Lipinski definition) is 4. The zero-order valence-corrected chi connectivity index (χ0v) is 16.3. The fourth-order valence-corrected chi connectivity index (χ4v) is 3.65. The number of rotatable bonds is 4. The molecule has 7 heteroatoms. The van der Waals surface area contributed by atoms with Gasteiger partial charge in [-0.25, -0.2) is 4.79 Å². The molecular weight excluding hydrogens is 346 g/mol. The van der Waals surface area contributed by atoms with E-state index in [-0.39, 0.29) is 11.9 Å². The second-order valence-electron chi connectivity index (χ2n) is 6.91. The first kappa shape index (κ1) is 19.3. The minimum Gasteiger partial charge on any atom is -0.493 e. The summed E-state index contributed by atoms with van der Waals surface area (Å²) < 4.78 is 10.8. The van der Waals surface area contributed by atoms with E-state index in [1.807, 2.05) is 16.7 Å². The number of urea groups is 1. The van der Waals surface area contributed by atoms with Crippen LogP contribution in [0, 0.1) is 0 Å². The quantitative estimate of drug-likeness (QED) is 0.811. The SMILES string of the molecule is CCOc1cc(C(=O)N2CCN(C(=O)N3CCCCC3)CC2)ccc1OC.